The lowest BCUT2D eigenvalue weighted by Gasteiger charge is -2.20. The van der Waals surface area contributed by atoms with E-state index in [1.165, 1.54) is 6.92 Å². The van der Waals surface area contributed by atoms with Gasteiger partial charge in [0.2, 0.25) is 5.91 Å². The fourth-order valence-corrected chi connectivity index (χ4v) is 3.75. The summed E-state index contributed by atoms with van der Waals surface area (Å²) in [5, 5.41) is 5.57. The molecule has 0 bridgehead atoms. The summed E-state index contributed by atoms with van der Waals surface area (Å²) in [6.45, 7) is 3.01. The van der Waals surface area contributed by atoms with Crippen molar-refractivity contribution in [3.05, 3.63) is 24.3 Å². The molecule has 2 N–H and O–H groups in total. The van der Waals surface area contributed by atoms with Gasteiger partial charge in [-0.2, -0.15) is 0 Å². The Morgan fingerprint density at radius 3 is 2.00 bits per heavy atom. The van der Waals surface area contributed by atoms with Crippen LogP contribution in [0, 0.1) is 0 Å². The fraction of sp³-hybridized carbons (Fsp3) is 0.385. The molecule has 1 saturated heterocycles. The number of carbonyl (C=O) groups excluding carboxylic acids is 2. The van der Waals surface area contributed by atoms with Crippen molar-refractivity contribution < 1.29 is 9.59 Å². The van der Waals surface area contributed by atoms with Crippen LogP contribution in [0.1, 0.15) is 6.92 Å². The average molecular weight is 311 g/mol. The number of nitrogens with zero attached hydrogens (tertiary/aromatic N) is 1. The predicted molar refractivity (Wildman–Crippen MR) is 86.3 cm³/mol. The van der Waals surface area contributed by atoms with Gasteiger partial charge in [0, 0.05) is 42.9 Å². The highest BCUT2D eigenvalue weighted by molar-refractivity contribution is 8.76. The molecular formula is C13H17N3O2S2. The largest absolute Gasteiger partial charge is 0.326 e. The summed E-state index contributed by atoms with van der Waals surface area (Å²) in [7, 11) is 3.61. The van der Waals surface area contributed by atoms with E-state index < -0.39 is 0 Å². The molecule has 5 nitrogen and oxygen atoms in total. The van der Waals surface area contributed by atoms with Gasteiger partial charge in [-0.25, -0.2) is 4.79 Å². The molecule has 1 aromatic carbocycles. The molecule has 1 aromatic rings. The van der Waals surface area contributed by atoms with Crippen LogP contribution in [0.5, 0.6) is 0 Å². The summed E-state index contributed by atoms with van der Waals surface area (Å²) >= 11 is 0. The molecule has 0 unspecified atom stereocenters. The highest BCUT2D eigenvalue weighted by atomic mass is 33.1. The highest BCUT2D eigenvalue weighted by Gasteiger charge is 2.15. The first kappa shape index (κ1) is 15.1. The lowest BCUT2D eigenvalue weighted by Crippen LogP contribution is -2.37. The Labute approximate surface area is 126 Å². The third kappa shape index (κ3) is 4.64. The van der Waals surface area contributed by atoms with Crippen molar-refractivity contribution in [2.45, 2.75) is 6.92 Å². The van der Waals surface area contributed by atoms with E-state index in [0.717, 1.165) is 36.0 Å². The summed E-state index contributed by atoms with van der Waals surface area (Å²) in [4.78, 5) is 24.9. The first-order valence-electron chi connectivity index (χ1n) is 6.33. The second-order valence-electron chi connectivity index (χ2n) is 4.32. The van der Waals surface area contributed by atoms with E-state index >= 15 is 0 Å². The molecule has 20 heavy (non-hydrogen) atoms. The zero-order valence-corrected chi connectivity index (χ0v) is 12.9. The molecule has 1 fully saturated rings. The van der Waals surface area contributed by atoms with Gasteiger partial charge in [-0.05, 0) is 24.3 Å². The number of carbonyl (C=O) groups is 2. The van der Waals surface area contributed by atoms with Gasteiger partial charge in [-0.3, -0.25) is 4.79 Å². The van der Waals surface area contributed by atoms with Gasteiger partial charge in [-0.1, -0.05) is 21.6 Å². The Kier molecular flexibility index (Phi) is 5.60. The number of urea groups is 1. The maximum absolute atomic E-state index is 12.1. The molecule has 1 heterocycles. The third-order valence-electron chi connectivity index (χ3n) is 2.72. The monoisotopic (exact) mass is 311 g/mol. The standard InChI is InChI=1S/C13H17N3O2S2/c1-10(17)14-11-2-4-12(5-3-11)15-13(18)16-6-8-19-20-9-7-16/h2-5H,6-9H2,1H3,(H,14,17)(H,15,18). The fourth-order valence-electron chi connectivity index (χ4n) is 1.77. The number of benzene rings is 1. The van der Waals surface area contributed by atoms with Crippen molar-refractivity contribution in [2.24, 2.45) is 0 Å². The van der Waals surface area contributed by atoms with E-state index in [9.17, 15) is 9.59 Å². The molecule has 0 aromatic heterocycles. The van der Waals surface area contributed by atoms with Crippen molar-refractivity contribution in [1.82, 2.24) is 4.90 Å². The summed E-state index contributed by atoms with van der Waals surface area (Å²) in [5.41, 5.74) is 1.45. The second kappa shape index (κ2) is 7.44. The van der Waals surface area contributed by atoms with E-state index in [-0.39, 0.29) is 11.9 Å². The second-order valence-corrected chi connectivity index (χ2v) is 7.02. The van der Waals surface area contributed by atoms with Gasteiger partial charge in [0.25, 0.3) is 0 Å². The molecule has 1 aliphatic heterocycles. The number of rotatable bonds is 2. The zero-order chi connectivity index (χ0) is 14.4. The maximum atomic E-state index is 12.1. The van der Waals surface area contributed by atoms with Crippen LogP contribution in [0.2, 0.25) is 0 Å². The van der Waals surface area contributed by atoms with Gasteiger partial charge < -0.3 is 15.5 Å². The molecule has 2 rings (SSSR count). The van der Waals surface area contributed by atoms with Gasteiger partial charge in [0.05, 0.1) is 0 Å². The van der Waals surface area contributed by atoms with Crippen molar-refractivity contribution in [1.29, 1.82) is 0 Å². The molecule has 0 saturated carbocycles. The van der Waals surface area contributed by atoms with Crippen molar-refractivity contribution in [2.75, 3.05) is 35.2 Å². The number of nitrogens with one attached hydrogen (secondary N) is 2. The quantitative estimate of drug-likeness (QED) is 0.825. The van der Waals surface area contributed by atoms with E-state index in [1.54, 1.807) is 45.9 Å². The van der Waals surface area contributed by atoms with Crippen LogP contribution in [0.4, 0.5) is 16.2 Å². The SMILES string of the molecule is CC(=O)Nc1ccc(NC(=O)N2CCSSCC2)cc1. The third-order valence-corrected chi connectivity index (χ3v) is 5.08. The molecular weight excluding hydrogens is 294 g/mol. The van der Waals surface area contributed by atoms with Crippen LogP contribution < -0.4 is 10.6 Å². The Balaban J connectivity index is 1.91. The molecule has 1 aliphatic rings. The van der Waals surface area contributed by atoms with Crippen LogP contribution in [0.3, 0.4) is 0 Å². The van der Waals surface area contributed by atoms with Crippen LogP contribution >= 0.6 is 21.6 Å². The van der Waals surface area contributed by atoms with Crippen molar-refractivity contribution in [3.63, 3.8) is 0 Å². The van der Waals surface area contributed by atoms with Crippen LogP contribution in [0.15, 0.2) is 24.3 Å². The Morgan fingerprint density at radius 1 is 1.00 bits per heavy atom. The first-order chi connectivity index (χ1) is 9.65. The highest BCUT2D eigenvalue weighted by Crippen LogP contribution is 2.24. The minimum absolute atomic E-state index is 0.0691. The Morgan fingerprint density at radius 2 is 1.50 bits per heavy atom. The predicted octanol–water partition coefficient (Wildman–Crippen LogP) is 2.87. The van der Waals surface area contributed by atoms with Crippen LogP contribution in [-0.4, -0.2) is 41.4 Å². The van der Waals surface area contributed by atoms with E-state index in [2.05, 4.69) is 10.6 Å². The average Bonchev–Trinajstić information content (AvgIpc) is 2.69. The van der Waals surface area contributed by atoms with Gasteiger partial charge in [-0.15, -0.1) is 0 Å². The summed E-state index contributed by atoms with van der Waals surface area (Å²) in [6.07, 6.45) is 0. The van der Waals surface area contributed by atoms with Crippen molar-refractivity contribution in [3.8, 4) is 0 Å². The van der Waals surface area contributed by atoms with Gasteiger partial charge >= 0.3 is 6.03 Å². The van der Waals surface area contributed by atoms with Gasteiger partial charge in [0.15, 0.2) is 0 Å². The van der Waals surface area contributed by atoms with Gasteiger partial charge in [0.1, 0.15) is 0 Å². The lowest BCUT2D eigenvalue weighted by atomic mass is 10.3. The maximum Gasteiger partial charge on any atom is 0.321 e. The van der Waals surface area contributed by atoms with E-state index in [0.29, 0.717) is 0 Å². The first-order valence-corrected chi connectivity index (χ1v) is 8.82. The molecule has 0 atom stereocenters. The number of hydrogen-bond acceptors (Lipinski definition) is 4. The van der Waals surface area contributed by atoms with Crippen LogP contribution in [-0.2, 0) is 4.79 Å². The smallest absolute Gasteiger partial charge is 0.321 e. The molecule has 7 heteroatoms. The molecule has 0 radical (unpaired) electrons. The van der Waals surface area contributed by atoms with E-state index in [4.69, 9.17) is 0 Å². The van der Waals surface area contributed by atoms with Crippen molar-refractivity contribution >= 4 is 44.9 Å². The zero-order valence-electron chi connectivity index (χ0n) is 11.2. The minimum atomic E-state index is -0.110. The molecule has 0 spiro atoms. The number of anilines is 2. The molecule has 3 amide bonds. The molecule has 0 aliphatic carbocycles. The molecule has 108 valence electrons. The number of hydrogen-bond donors (Lipinski definition) is 2. The Bertz CT molecular complexity index is 471. The summed E-state index contributed by atoms with van der Waals surface area (Å²) in [6, 6.07) is 7.03. The van der Waals surface area contributed by atoms with E-state index in [1.807, 2.05) is 4.90 Å². The summed E-state index contributed by atoms with van der Waals surface area (Å²) in [5.74, 6) is 1.81. The minimum Gasteiger partial charge on any atom is -0.326 e. The Hall–Kier alpha value is -1.34. The lowest BCUT2D eigenvalue weighted by molar-refractivity contribution is -0.114. The van der Waals surface area contributed by atoms with Crippen LogP contribution in [0.25, 0.3) is 0 Å². The summed E-state index contributed by atoms with van der Waals surface area (Å²) < 4.78 is 0. The normalized spacial score (nSPS) is 15.3. The topological polar surface area (TPSA) is 61.4 Å². The number of amides is 3.